The second-order valence-electron chi connectivity index (χ2n) is 4.32. The highest BCUT2D eigenvalue weighted by Gasteiger charge is 2.39. The Balaban J connectivity index is 2.27. The van der Waals surface area contributed by atoms with Gasteiger partial charge in [-0.15, -0.1) is 0 Å². The fourth-order valence-electron chi connectivity index (χ4n) is 2.13. The van der Waals surface area contributed by atoms with Crippen LogP contribution in [0.2, 0.25) is 0 Å². The van der Waals surface area contributed by atoms with Crippen molar-refractivity contribution in [2.75, 3.05) is 0 Å². The zero-order chi connectivity index (χ0) is 10.9. The van der Waals surface area contributed by atoms with Crippen LogP contribution in [0, 0.1) is 6.92 Å². The number of hydrogen-bond acceptors (Lipinski definition) is 3. The van der Waals surface area contributed by atoms with Gasteiger partial charge in [-0.1, -0.05) is 0 Å². The molecule has 1 N–H and O–H groups in total. The summed E-state index contributed by atoms with van der Waals surface area (Å²) in [6.45, 7) is 1.89. The molecule has 1 aromatic rings. The Morgan fingerprint density at radius 1 is 1.40 bits per heavy atom. The van der Waals surface area contributed by atoms with Gasteiger partial charge in [0.1, 0.15) is 5.60 Å². The first kappa shape index (κ1) is 10.3. The zero-order valence-electron chi connectivity index (χ0n) is 8.86. The SMILES string of the molecule is Cc1cncc(C(=O)C2(O)CCCC2)c1. The molecule has 0 unspecified atom stereocenters. The van der Waals surface area contributed by atoms with Gasteiger partial charge in [-0.25, -0.2) is 0 Å². The number of rotatable bonds is 2. The maximum atomic E-state index is 12.0. The zero-order valence-corrected chi connectivity index (χ0v) is 8.86. The fraction of sp³-hybridized carbons (Fsp3) is 0.500. The van der Waals surface area contributed by atoms with Gasteiger partial charge in [0.25, 0.3) is 0 Å². The minimum Gasteiger partial charge on any atom is -0.382 e. The lowest BCUT2D eigenvalue weighted by atomic mass is 9.92. The maximum Gasteiger partial charge on any atom is 0.195 e. The van der Waals surface area contributed by atoms with E-state index in [1.165, 1.54) is 6.20 Å². The van der Waals surface area contributed by atoms with Crippen LogP contribution in [0.1, 0.15) is 41.6 Å². The van der Waals surface area contributed by atoms with Gasteiger partial charge in [0.05, 0.1) is 0 Å². The Bertz CT molecular complexity index is 381. The normalized spacial score (nSPS) is 19.1. The summed E-state index contributed by atoms with van der Waals surface area (Å²) in [5, 5.41) is 10.1. The number of hydrogen-bond donors (Lipinski definition) is 1. The highest BCUT2D eigenvalue weighted by Crippen LogP contribution is 2.32. The van der Waals surface area contributed by atoms with E-state index in [4.69, 9.17) is 0 Å². The van der Waals surface area contributed by atoms with E-state index >= 15 is 0 Å². The number of pyridine rings is 1. The summed E-state index contributed by atoms with van der Waals surface area (Å²) in [7, 11) is 0. The Morgan fingerprint density at radius 2 is 2.07 bits per heavy atom. The predicted molar refractivity (Wildman–Crippen MR) is 56.7 cm³/mol. The van der Waals surface area contributed by atoms with E-state index < -0.39 is 5.60 Å². The van der Waals surface area contributed by atoms with Gasteiger partial charge in [0, 0.05) is 18.0 Å². The largest absolute Gasteiger partial charge is 0.382 e. The number of carbonyl (C=O) groups excluding carboxylic acids is 1. The minimum absolute atomic E-state index is 0.170. The molecule has 0 amide bonds. The second kappa shape index (κ2) is 3.74. The van der Waals surface area contributed by atoms with Gasteiger partial charge in [0.2, 0.25) is 0 Å². The molecule has 2 rings (SSSR count). The lowest BCUT2D eigenvalue weighted by Crippen LogP contribution is -2.35. The summed E-state index contributed by atoms with van der Waals surface area (Å²) in [5.74, 6) is -0.170. The van der Waals surface area contributed by atoms with Gasteiger partial charge in [-0.3, -0.25) is 9.78 Å². The third kappa shape index (κ3) is 1.92. The molecule has 1 aliphatic rings. The number of aryl methyl sites for hydroxylation is 1. The quantitative estimate of drug-likeness (QED) is 0.750. The lowest BCUT2D eigenvalue weighted by molar-refractivity contribution is 0.0352. The second-order valence-corrected chi connectivity index (χ2v) is 4.32. The first-order valence-corrected chi connectivity index (χ1v) is 5.31. The summed E-state index contributed by atoms with van der Waals surface area (Å²) in [6.07, 6.45) is 6.27. The fourth-order valence-corrected chi connectivity index (χ4v) is 2.13. The molecule has 0 bridgehead atoms. The highest BCUT2D eigenvalue weighted by atomic mass is 16.3. The minimum atomic E-state index is -1.13. The van der Waals surface area contributed by atoms with Crippen molar-refractivity contribution in [3.63, 3.8) is 0 Å². The molecule has 1 saturated carbocycles. The standard InChI is InChI=1S/C12H15NO2/c1-9-6-10(8-13-7-9)11(14)12(15)4-2-3-5-12/h6-8,15H,2-5H2,1H3. The topological polar surface area (TPSA) is 50.2 Å². The van der Waals surface area contributed by atoms with Gasteiger partial charge < -0.3 is 5.11 Å². The van der Waals surface area contributed by atoms with E-state index in [-0.39, 0.29) is 5.78 Å². The average molecular weight is 205 g/mol. The number of aliphatic hydroxyl groups is 1. The van der Waals surface area contributed by atoms with Gasteiger partial charge in [-0.05, 0) is 44.2 Å². The number of ketones is 1. The van der Waals surface area contributed by atoms with Crippen LogP contribution in [0.25, 0.3) is 0 Å². The molecule has 3 heteroatoms. The van der Waals surface area contributed by atoms with Crippen molar-refractivity contribution in [3.8, 4) is 0 Å². The number of aromatic nitrogens is 1. The van der Waals surface area contributed by atoms with Crippen molar-refractivity contribution in [2.45, 2.75) is 38.2 Å². The van der Waals surface area contributed by atoms with Crippen molar-refractivity contribution in [1.82, 2.24) is 4.98 Å². The van der Waals surface area contributed by atoms with Crippen molar-refractivity contribution in [1.29, 1.82) is 0 Å². The molecule has 15 heavy (non-hydrogen) atoms. The molecule has 0 aromatic carbocycles. The van der Waals surface area contributed by atoms with Crippen LogP contribution in [0.3, 0.4) is 0 Å². The van der Waals surface area contributed by atoms with E-state index in [0.717, 1.165) is 18.4 Å². The Kier molecular flexibility index (Phi) is 2.57. The average Bonchev–Trinajstić information content (AvgIpc) is 2.65. The summed E-state index contributed by atoms with van der Waals surface area (Å²) >= 11 is 0. The molecule has 1 aliphatic carbocycles. The molecule has 0 radical (unpaired) electrons. The molecule has 1 aromatic heterocycles. The summed E-state index contributed by atoms with van der Waals surface area (Å²) in [4.78, 5) is 16.0. The molecule has 80 valence electrons. The molecule has 0 spiro atoms. The predicted octanol–water partition coefficient (Wildman–Crippen LogP) is 1.88. The smallest absolute Gasteiger partial charge is 0.195 e. The van der Waals surface area contributed by atoms with Gasteiger partial charge in [-0.2, -0.15) is 0 Å². The third-order valence-corrected chi connectivity index (χ3v) is 2.99. The van der Waals surface area contributed by atoms with Crippen LogP contribution < -0.4 is 0 Å². The van der Waals surface area contributed by atoms with Gasteiger partial charge >= 0.3 is 0 Å². The van der Waals surface area contributed by atoms with E-state index in [9.17, 15) is 9.90 Å². The van der Waals surface area contributed by atoms with Crippen LogP contribution in [0.15, 0.2) is 18.5 Å². The molecular weight excluding hydrogens is 190 g/mol. The van der Waals surface area contributed by atoms with E-state index in [1.807, 2.05) is 6.92 Å². The number of Topliss-reactive ketones (excluding diaryl/α,β-unsaturated/α-hetero) is 1. The molecule has 0 atom stereocenters. The van der Waals surface area contributed by atoms with Crippen LogP contribution >= 0.6 is 0 Å². The van der Waals surface area contributed by atoms with Crippen LogP contribution in [-0.2, 0) is 0 Å². The van der Waals surface area contributed by atoms with Crippen LogP contribution in [-0.4, -0.2) is 21.5 Å². The van der Waals surface area contributed by atoms with Crippen LogP contribution in [0.4, 0.5) is 0 Å². The summed E-state index contributed by atoms with van der Waals surface area (Å²) in [5.41, 5.74) is 0.344. The van der Waals surface area contributed by atoms with Gasteiger partial charge in [0.15, 0.2) is 5.78 Å². The lowest BCUT2D eigenvalue weighted by Gasteiger charge is -2.20. The highest BCUT2D eigenvalue weighted by molar-refractivity contribution is 6.02. The first-order valence-electron chi connectivity index (χ1n) is 5.31. The molecule has 3 nitrogen and oxygen atoms in total. The van der Waals surface area contributed by atoms with Crippen molar-refractivity contribution >= 4 is 5.78 Å². The van der Waals surface area contributed by atoms with Crippen molar-refractivity contribution < 1.29 is 9.90 Å². The molecule has 1 fully saturated rings. The van der Waals surface area contributed by atoms with E-state index in [0.29, 0.717) is 18.4 Å². The van der Waals surface area contributed by atoms with Crippen molar-refractivity contribution in [3.05, 3.63) is 29.6 Å². The van der Waals surface area contributed by atoms with Crippen molar-refractivity contribution in [2.24, 2.45) is 0 Å². The van der Waals surface area contributed by atoms with E-state index in [2.05, 4.69) is 4.98 Å². The summed E-state index contributed by atoms with van der Waals surface area (Å²) in [6, 6.07) is 1.78. The maximum absolute atomic E-state index is 12.0. The molecule has 1 heterocycles. The number of nitrogens with zero attached hydrogens (tertiary/aromatic N) is 1. The Morgan fingerprint density at radius 3 is 2.67 bits per heavy atom. The van der Waals surface area contributed by atoms with E-state index in [1.54, 1.807) is 12.3 Å². The first-order chi connectivity index (χ1) is 7.12. The summed E-state index contributed by atoms with van der Waals surface area (Å²) < 4.78 is 0. The Hall–Kier alpha value is -1.22. The monoisotopic (exact) mass is 205 g/mol. The number of carbonyl (C=O) groups is 1. The molecular formula is C12H15NO2. The van der Waals surface area contributed by atoms with Crippen LogP contribution in [0.5, 0.6) is 0 Å². The third-order valence-electron chi connectivity index (χ3n) is 2.99. The Labute approximate surface area is 89.2 Å². The molecule has 0 saturated heterocycles. The molecule has 0 aliphatic heterocycles.